The van der Waals surface area contributed by atoms with E-state index in [0.29, 0.717) is 25.2 Å². The summed E-state index contributed by atoms with van der Waals surface area (Å²) < 4.78 is 22.9. The second-order valence-corrected chi connectivity index (χ2v) is 9.67. The molecule has 0 bridgehead atoms. The van der Waals surface area contributed by atoms with Gasteiger partial charge in [-0.05, 0) is 25.3 Å². The Morgan fingerprint density at radius 3 is 2.84 bits per heavy atom. The minimum Gasteiger partial charge on any atom is -0.324 e. The minimum absolute atomic E-state index is 0.0113. The molecule has 1 unspecified atom stereocenters. The summed E-state index contributed by atoms with van der Waals surface area (Å²) in [4.78, 5) is 18.7. The van der Waals surface area contributed by atoms with Crippen molar-refractivity contribution in [2.75, 3.05) is 30.4 Å². The van der Waals surface area contributed by atoms with Crippen molar-refractivity contribution >= 4 is 32.9 Å². The molecule has 1 aliphatic heterocycles. The molecule has 25 heavy (non-hydrogen) atoms. The predicted molar refractivity (Wildman–Crippen MR) is 101 cm³/mol. The van der Waals surface area contributed by atoms with Gasteiger partial charge in [-0.2, -0.15) is 0 Å². The first-order chi connectivity index (χ1) is 11.8. The van der Waals surface area contributed by atoms with Crippen molar-refractivity contribution in [3.8, 4) is 11.3 Å². The number of urea groups is 1. The standard InChI is InChI=1S/C17H21N3O3S2/c1-12-18-16(10-24-12)14-5-3-4-6-15(14)19-17(21)20-8-7-13(9-20)11-25(2,22)23/h3-6,10,13H,7-9,11H2,1-2H3,(H,19,21). The zero-order chi connectivity index (χ0) is 18.0. The summed E-state index contributed by atoms with van der Waals surface area (Å²) in [6.07, 6.45) is 1.95. The molecule has 3 rings (SSSR count). The molecule has 1 atom stereocenters. The monoisotopic (exact) mass is 379 g/mol. The van der Waals surface area contributed by atoms with Crippen molar-refractivity contribution in [2.45, 2.75) is 13.3 Å². The minimum atomic E-state index is -3.02. The van der Waals surface area contributed by atoms with Crippen molar-refractivity contribution in [2.24, 2.45) is 5.92 Å². The molecular formula is C17H21N3O3S2. The summed E-state index contributed by atoms with van der Waals surface area (Å²) in [5, 5.41) is 5.89. The van der Waals surface area contributed by atoms with Crippen molar-refractivity contribution in [1.82, 2.24) is 9.88 Å². The van der Waals surface area contributed by atoms with Gasteiger partial charge in [-0.25, -0.2) is 18.2 Å². The van der Waals surface area contributed by atoms with Crippen LogP contribution in [-0.2, 0) is 9.84 Å². The molecule has 8 heteroatoms. The van der Waals surface area contributed by atoms with E-state index in [0.717, 1.165) is 16.3 Å². The number of para-hydroxylation sites is 1. The molecule has 1 aromatic carbocycles. The number of amides is 2. The third kappa shape index (κ3) is 4.58. The highest BCUT2D eigenvalue weighted by Crippen LogP contribution is 2.29. The molecule has 0 spiro atoms. The fourth-order valence-electron chi connectivity index (χ4n) is 3.08. The summed E-state index contributed by atoms with van der Waals surface area (Å²) >= 11 is 1.57. The number of thiazole rings is 1. The smallest absolute Gasteiger partial charge is 0.321 e. The molecule has 2 amide bonds. The molecule has 0 aliphatic carbocycles. The number of aromatic nitrogens is 1. The van der Waals surface area contributed by atoms with Crippen LogP contribution < -0.4 is 5.32 Å². The fraction of sp³-hybridized carbons (Fsp3) is 0.412. The highest BCUT2D eigenvalue weighted by Gasteiger charge is 2.28. The maximum atomic E-state index is 12.6. The molecule has 1 aliphatic rings. The lowest BCUT2D eigenvalue weighted by Gasteiger charge is -2.18. The summed E-state index contributed by atoms with van der Waals surface area (Å²) in [5.74, 6) is 0.142. The van der Waals surface area contributed by atoms with Gasteiger partial charge in [-0.1, -0.05) is 18.2 Å². The number of benzene rings is 1. The van der Waals surface area contributed by atoms with Gasteiger partial charge >= 0.3 is 6.03 Å². The number of anilines is 1. The van der Waals surface area contributed by atoms with Crippen molar-refractivity contribution in [3.05, 3.63) is 34.7 Å². The molecule has 2 aromatic rings. The Balaban J connectivity index is 1.70. The van der Waals surface area contributed by atoms with Gasteiger partial charge in [0.1, 0.15) is 9.84 Å². The van der Waals surface area contributed by atoms with E-state index < -0.39 is 9.84 Å². The Labute approximate surface area is 151 Å². The van der Waals surface area contributed by atoms with Gasteiger partial charge in [0.2, 0.25) is 0 Å². The lowest BCUT2D eigenvalue weighted by atomic mass is 10.1. The topological polar surface area (TPSA) is 79.4 Å². The number of nitrogens with one attached hydrogen (secondary N) is 1. The number of sulfone groups is 1. The normalized spacial score (nSPS) is 17.7. The van der Waals surface area contributed by atoms with Gasteiger partial charge in [0.25, 0.3) is 0 Å². The second-order valence-electron chi connectivity index (χ2n) is 6.42. The molecule has 0 saturated carbocycles. The Hall–Kier alpha value is -1.93. The number of carbonyl (C=O) groups is 1. The number of likely N-dealkylation sites (tertiary alicyclic amines) is 1. The van der Waals surface area contributed by atoms with Crippen LogP contribution in [0.4, 0.5) is 10.5 Å². The quantitative estimate of drug-likeness (QED) is 0.886. The molecule has 2 heterocycles. The number of rotatable bonds is 4. The summed E-state index contributed by atoms with van der Waals surface area (Å²) in [7, 11) is -3.02. The van der Waals surface area contributed by atoms with Crippen molar-refractivity contribution < 1.29 is 13.2 Å². The molecule has 134 valence electrons. The Morgan fingerprint density at radius 2 is 2.16 bits per heavy atom. The number of hydrogen-bond donors (Lipinski definition) is 1. The van der Waals surface area contributed by atoms with Crippen molar-refractivity contribution in [3.63, 3.8) is 0 Å². The lowest BCUT2D eigenvalue weighted by Crippen LogP contribution is -2.33. The van der Waals surface area contributed by atoms with Gasteiger partial charge in [0.15, 0.2) is 0 Å². The van der Waals surface area contributed by atoms with Crippen LogP contribution in [0, 0.1) is 12.8 Å². The van der Waals surface area contributed by atoms with E-state index in [1.807, 2.05) is 36.6 Å². The molecule has 0 radical (unpaired) electrons. The Kier molecular flexibility index (Phi) is 5.10. The van der Waals surface area contributed by atoms with Crippen LogP contribution in [0.25, 0.3) is 11.3 Å². The van der Waals surface area contributed by atoms with Gasteiger partial charge < -0.3 is 10.2 Å². The van der Waals surface area contributed by atoms with Gasteiger partial charge in [-0.3, -0.25) is 0 Å². The van der Waals surface area contributed by atoms with E-state index in [-0.39, 0.29) is 17.7 Å². The largest absolute Gasteiger partial charge is 0.324 e. The Morgan fingerprint density at radius 1 is 1.40 bits per heavy atom. The highest BCUT2D eigenvalue weighted by molar-refractivity contribution is 7.90. The SMILES string of the molecule is Cc1nc(-c2ccccc2NC(=O)N2CCC(CS(C)(=O)=O)C2)cs1. The first-order valence-electron chi connectivity index (χ1n) is 8.07. The first-order valence-corrected chi connectivity index (χ1v) is 11.0. The van der Waals surface area contributed by atoms with Gasteiger partial charge in [0.05, 0.1) is 22.1 Å². The molecule has 1 fully saturated rings. The van der Waals surface area contributed by atoms with E-state index in [9.17, 15) is 13.2 Å². The van der Waals surface area contributed by atoms with E-state index >= 15 is 0 Å². The molecular weight excluding hydrogens is 358 g/mol. The number of nitrogens with zero attached hydrogens (tertiary/aromatic N) is 2. The highest BCUT2D eigenvalue weighted by atomic mass is 32.2. The zero-order valence-electron chi connectivity index (χ0n) is 14.2. The third-order valence-corrected chi connectivity index (χ3v) is 6.03. The second kappa shape index (κ2) is 7.13. The third-order valence-electron chi connectivity index (χ3n) is 4.18. The van der Waals surface area contributed by atoms with Crippen LogP contribution in [0.1, 0.15) is 11.4 Å². The molecule has 6 nitrogen and oxygen atoms in total. The van der Waals surface area contributed by atoms with Crippen LogP contribution in [0.15, 0.2) is 29.6 Å². The maximum absolute atomic E-state index is 12.6. The number of carbonyl (C=O) groups excluding carboxylic acids is 1. The van der Waals surface area contributed by atoms with E-state index in [2.05, 4.69) is 10.3 Å². The average molecular weight is 380 g/mol. The average Bonchev–Trinajstić information content (AvgIpc) is 3.15. The summed E-state index contributed by atoms with van der Waals surface area (Å²) in [5.41, 5.74) is 2.44. The van der Waals surface area contributed by atoms with E-state index in [1.54, 1.807) is 16.2 Å². The van der Waals surface area contributed by atoms with Crippen LogP contribution >= 0.6 is 11.3 Å². The maximum Gasteiger partial charge on any atom is 0.321 e. The van der Waals surface area contributed by atoms with Crippen LogP contribution in [0.3, 0.4) is 0 Å². The van der Waals surface area contributed by atoms with Gasteiger partial charge in [-0.15, -0.1) is 11.3 Å². The zero-order valence-corrected chi connectivity index (χ0v) is 15.9. The fourth-order valence-corrected chi connectivity index (χ4v) is 4.82. The molecule has 1 N–H and O–H groups in total. The first kappa shape index (κ1) is 17.9. The van der Waals surface area contributed by atoms with Gasteiger partial charge in [0, 0.05) is 30.3 Å². The van der Waals surface area contributed by atoms with Crippen LogP contribution in [0.2, 0.25) is 0 Å². The van der Waals surface area contributed by atoms with Crippen LogP contribution in [0.5, 0.6) is 0 Å². The van der Waals surface area contributed by atoms with Crippen LogP contribution in [-0.4, -0.2) is 49.4 Å². The summed E-state index contributed by atoms with van der Waals surface area (Å²) in [6, 6.07) is 7.37. The Bertz CT molecular complexity index is 877. The molecule has 1 aromatic heterocycles. The lowest BCUT2D eigenvalue weighted by molar-refractivity contribution is 0.221. The van der Waals surface area contributed by atoms with E-state index in [1.165, 1.54) is 6.26 Å². The number of hydrogen-bond acceptors (Lipinski definition) is 5. The van der Waals surface area contributed by atoms with Crippen molar-refractivity contribution in [1.29, 1.82) is 0 Å². The number of aryl methyl sites for hydroxylation is 1. The molecule has 1 saturated heterocycles. The van der Waals surface area contributed by atoms with E-state index in [4.69, 9.17) is 0 Å². The summed E-state index contributed by atoms with van der Waals surface area (Å²) in [6.45, 7) is 2.99. The predicted octanol–water partition coefficient (Wildman–Crippen LogP) is 3.02.